The molecule has 0 bridgehead atoms. The summed E-state index contributed by atoms with van der Waals surface area (Å²) in [5.41, 5.74) is 22.2. The molecule has 0 saturated carbocycles. The van der Waals surface area contributed by atoms with Crippen LogP contribution in [-0.4, -0.2) is 4.57 Å². The van der Waals surface area contributed by atoms with Gasteiger partial charge in [-0.25, -0.2) is 0 Å². The Hall–Kier alpha value is -8.92. The van der Waals surface area contributed by atoms with E-state index in [1.165, 1.54) is 72.4 Å². The van der Waals surface area contributed by atoms with Crippen LogP contribution in [0.2, 0.25) is 0 Å². The smallest absolute Gasteiger partial charge is 0.135 e. The quantitative estimate of drug-likeness (QED) is 0.152. The van der Waals surface area contributed by atoms with E-state index < -0.39 is 5.41 Å². The molecule has 0 fully saturated rings. The molecule has 10 aromatic carbocycles. The molecule has 14 rings (SSSR count). The van der Waals surface area contributed by atoms with Crippen LogP contribution in [0.1, 0.15) is 39.9 Å². The van der Waals surface area contributed by atoms with Gasteiger partial charge in [-0.1, -0.05) is 182 Å². The highest BCUT2D eigenvalue weighted by atomic mass is 16.3. The molecular weight excluding hydrogens is 849 g/mol. The molecule has 70 heavy (non-hydrogen) atoms. The number of aromatic nitrogens is 1. The summed E-state index contributed by atoms with van der Waals surface area (Å²) in [7, 11) is 0. The lowest BCUT2D eigenvalue weighted by atomic mass is 9.68. The van der Waals surface area contributed by atoms with Crippen LogP contribution in [0.3, 0.4) is 0 Å². The number of allylic oxidation sites excluding steroid dienone is 1. The maximum absolute atomic E-state index is 6.18. The maximum atomic E-state index is 6.18. The lowest BCUT2D eigenvalue weighted by Gasteiger charge is -2.34. The second kappa shape index (κ2) is 16.1. The van der Waals surface area contributed by atoms with Crippen molar-refractivity contribution in [3.05, 3.63) is 282 Å². The lowest BCUT2D eigenvalue weighted by molar-refractivity contribution is 0.669. The van der Waals surface area contributed by atoms with Gasteiger partial charge in [0.15, 0.2) is 0 Å². The molecule has 3 nitrogen and oxygen atoms in total. The van der Waals surface area contributed by atoms with Gasteiger partial charge in [-0.3, -0.25) is 0 Å². The van der Waals surface area contributed by atoms with Crippen LogP contribution >= 0.6 is 0 Å². The SMILES string of the molecule is C1=Cc2c(n(-c3ccc(-c4ccc(N(c5ccc(-c6ccc7oc8ccccc8c7c6)cc5)c5ccc(C6(c7ccccc7)c7ccccc7-c7ccccc76)cc5)cc4)cc3)c3ccccc23)CC1. The van der Waals surface area contributed by atoms with E-state index in [-0.39, 0.29) is 0 Å². The fourth-order valence-electron chi connectivity index (χ4n) is 11.8. The van der Waals surface area contributed by atoms with E-state index in [1.807, 2.05) is 12.1 Å². The predicted octanol–water partition coefficient (Wildman–Crippen LogP) is 17.7. The third-order valence-corrected chi connectivity index (χ3v) is 15.0. The molecule has 2 heterocycles. The van der Waals surface area contributed by atoms with Crippen LogP contribution in [-0.2, 0) is 11.8 Å². The first-order valence-electron chi connectivity index (χ1n) is 24.4. The minimum Gasteiger partial charge on any atom is -0.456 e. The third kappa shape index (κ3) is 6.21. The van der Waals surface area contributed by atoms with Gasteiger partial charge in [0.05, 0.1) is 10.9 Å². The number of para-hydroxylation sites is 2. The van der Waals surface area contributed by atoms with Gasteiger partial charge in [0.25, 0.3) is 0 Å². The van der Waals surface area contributed by atoms with Crippen molar-refractivity contribution in [3.8, 4) is 39.1 Å². The maximum Gasteiger partial charge on any atom is 0.135 e. The summed E-state index contributed by atoms with van der Waals surface area (Å²) in [6.07, 6.45) is 6.71. The molecule has 2 aliphatic rings. The van der Waals surface area contributed by atoms with Crippen LogP contribution < -0.4 is 4.90 Å². The third-order valence-electron chi connectivity index (χ3n) is 15.0. The van der Waals surface area contributed by atoms with Gasteiger partial charge in [-0.05, 0) is 141 Å². The van der Waals surface area contributed by atoms with Crippen molar-refractivity contribution >= 4 is 56.0 Å². The average Bonchev–Trinajstić information content (AvgIpc) is 4.08. The summed E-state index contributed by atoms with van der Waals surface area (Å²) in [5.74, 6) is 0. The molecule has 0 aliphatic heterocycles. The van der Waals surface area contributed by atoms with E-state index in [0.29, 0.717) is 0 Å². The Morgan fingerprint density at radius 3 is 1.61 bits per heavy atom. The van der Waals surface area contributed by atoms with Crippen molar-refractivity contribution in [2.75, 3.05) is 4.90 Å². The largest absolute Gasteiger partial charge is 0.456 e. The highest BCUT2D eigenvalue weighted by Crippen LogP contribution is 2.56. The van der Waals surface area contributed by atoms with Crippen molar-refractivity contribution in [2.24, 2.45) is 0 Å². The first-order valence-corrected chi connectivity index (χ1v) is 24.4. The molecular formula is C67H46N2O. The van der Waals surface area contributed by atoms with Crippen LogP contribution in [0.4, 0.5) is 17.1 Å². The van der Waals surface area contributed by atoms with Gasteiger partial charge in [-0.15, -0.1) is 0 Å². The lowest BCUT2D eigenvalue weighted by Crippen LogP contribution is -2.28. The fraction of sp³-hybridized carbons (Fsp3) is 0.0448. The van der Waals surface area contributed by atoms with Crippen LogP contribution in [0.25, 0.3) is 78.0 Å². The number of nitrogens with zero attached hydrogens (tertiary/aromatic N) is 2. The normalized spacial score (nSPS) is 13.4. The minimum absolute atomic E-state index is 0.469. The molecule has 12 aromatic rings. The summed E-state index contributed by atoms with van der Waals surface area (Å²) in [6, 6.07) is 89.0. The van der Waals surface area contributed by atoms with Crippen molar-refractivity contribution in [2.45, 2.75) is 18.3 Å². The van der Waals surface area contributed by atoms with E-state index >= 15 is 0 Å². The Morgan fingerprint density at radius 2 is 0.929 bits per heavy atom. The molecule has 3 heteroatoms. The number of hydrogen-bond donors (Lipinski definition) is 0. The molecule has 0 N–H and O–H groups in total. The first kappa shape index (κ1) is 40.2. The van der Waals surface area contributed by atoms with E-state index in [1.54, 1.807) is 0 Å². The van der Waals surface area contributed by atoms with Crippen molar-refractivity contribution in [1.29, 1.82) is 0 Å². The molecule has 2 aromatic heterocycles. The second-order valence-electron chi connectivity index (χ2n) is 18.7. The van der Waals surface area contributed by atoms with Gasteiger partial charge in [0.2, 0.25) is 0 Å². The summed E-state index contributed by atoms with van der Waals surface area (Å²) >= 11 is 0. The Kier molecular flexibility index (Phi) is 9.25. The van der Waals surface area contributed by atoms with Gasteiger partial charge in [0, 0.05) is 50.2 Å². The van der Waals surface area contributed by atoms with Gasteiger partial charge in [0.1, 0.15) is 11.2 Å². The topological polar surface area (TPSA) is 21.3 Å². The number of furan rings is 1. The predicted molar refractivity (Wildman–Crippen MR) is 291 cm³/mol. The second-order valence-corrected chi connectivity index (χ2v) is 18.7. The van der Waals surface area contributed by atoms with Crippen molar-refractivity contribution in [1.82, 2.24) is 4.57 Å². The molecule has 0 amide bonds. The van der Waals surface area contributed by atoms with Crippen LogP contribution in [0.5, 0.6) is 0 Å². The zero-order valence-electron chi connectivity index (χ0n) is 38.5. The zero-order chi connectivity index (χ0) is 46.2. The summed E-state index contributed by atoms with van der Waals surface area (Å²) in [5, 5.41) is 3.58. The molecule has 0 spiro atoms. The minimum atomic E-state index is -0.469. The number of rotatable bonds is 8. The average molecular weight is 895 g/mol. The van der Waals surface area contributed by atoms with Crippen molar-refractivity contribution < 1.29 is 4.42 Å². The molecule has 0 unspecified atom stereocenters. The highest BCUT2D eigenvalue weighted by molar-refractivity contribution is 6.06. The summed E-state index contributed by atoms with van der Waals surface area (Å²) in [6.45, 7) is 0. The monoisotopic (exact) mass is 894 g/mol. The molecule has 0 saturated heterocycles. The first-order chi connectivity index (χ1) is 34.7. The standard InChI is InChI=1S/C67H46N2O/c1-2-14-49(15-3-1)67(61-21-9-4-16-55(61)56-17-5-10-22-62(56)67)50-33-41-53(42-34-50)68(52-37-30-47(31-38-52)48-32-43-66-60(44-48)59-20-8-13-25-65(59)70-66)51-35-26-45(27-36-51)46-28-39-54(40-29-46)69-63-23-11-6-18-57(63)58-19-7-12-24-64(58)69/h1-11,13-23,25-44H,12,24H2. The Morgan fingerprint density at radius 1 is 0.414 bits per heavy atom. The summed E-state index contributed by atoms with van der Waals surface area (Å²) < 4.78 is 8.64. The molecule has 2 aliphatic carbocycles. The Balaban J connectivity index is 0.856. The van der Waals surface area contributed by atoms with E-state index in [2.05, 4.69) is 252 Å². The van der Waals surface area contributed by atoms with E-state index in [4.69, 9.17) is 4.42 Å². The number of anilines is 3. The zero-order valence-corrected chi connectivity index (χ0v) is 38.5. The van der Waals surface area contributed by atoms with Crippen LogP contribution in [0.15, 0.2) is 253 Å². The molecule has 0 radical (unpaired) electrons. The molecule has 0 atom stereocenters. The van der Waals surface area contributed by atoms with Gasteiger partial charge >= 0.3 is 0 Å². The highest BCUT2D eigenvalue weighted by Gasteiger charge is 2.45. The Labute approximate surface area is 407 Å². The number of hydrogen-bond acceptors (Lipinski definition) is 2. The Bertz CT molecular complexity index is 3920. The summed E-state index contributed by atoms with van der Waals surface area (Å²) in [4.78, 5) is 2.38. The fourth-order valence-corrected chi connectivity index (χ4v) is 11.8. The van der Waals surface area contributed by atoms with Gasteiger partial charge in [-0.2, -0.15) is 0 Å². The number of benzene rings is 10. The van der Waals surface area contributed by atoms with Crippen LogP contribution in [0, 0.1) is 0 Å². The van der Waals surface area contributed by atoms with Crippen molar-refractivity contribution in [3.63, 3.8) is 0 Å². The van der Waals surface area contributed by atoms with E-state index in [9.17, 15) is 0 Å². The number of fused-ring (bicyclic) bond motifs is 9. The molecule has 330 valence electrons. The van der Waals surface area contributed by atoms with E-state index in [0.717, 1.165) is 63.0 Å². The van der Waals surface area contributed by atoms with Gasteiger partial charge < -0.3 is 13.9 Å².